The molecule has 0 amide bonds. The summed E-state index contributed by atoms with van der Waals surface area (Å²) in [6.45, 7) is 2.19. The van der Waals surface area contributed by atoms with Gasteiger partial charge in [-0.2, -0.15) is 5.10 Å². The van der Waals surface area contributed by atoms with E-state index < -0.39 is 5.82 Å². The first-order valence-electron chi connectivity index (χ1n) is 9.77. The minimum absolute atomic E-state index is 0.165. The quantitative estimate of drug-likeness (QED) is 0.810. The van der Waals surface area contributed by atoms with Gasteiger partial charge in [-0.25, -0.2) is 14.1 Å². The molecule has 3 aliphatic rings. The van der Waals surface area contributed by atoms with Gasteiger partial charge in [0.1, 0.15) is 0 Å². The second-order valence-electron chi connectivity index (χ2n) is 7.47. The van der Waals surface area contributed by atoms with E-state index in [2.05, 4.69) is 38.4 Å². The number of pyridine rings is 1. The Hall–Kier alpha value is -3.20. The van der Waals surface area contributed by atoms with E-state index in [0.717, 1.165) is 48.8 Å². The van der Waals surface area contributed by atoms with Crippen molar-refractivity contribution in [1.29, 1.82) is 0 Å². The normalized spacial score (nSPS) is 19.9. The molecule has 148 valence electrons. The molecule has 0 aromatic carbocycles. The minimum Gasteiger partial charge on any atom is -0.364 e. The Morgan fingerprint density at radius 1 is 1.28 bits per heavy atom. The third-order valence-electron chi connectivity index (χ3n) is 5.40. The van der Waals surface area contributed by atoms with E-state index in [4.69, 9.17) is 5.11 Å². The number of amidine groups is 1. The molecule has 3 aliphatic heterocycles. The zero-order chi connectivity index (χ0) is 19.8. The van der Waals surface area contributed by atoms with Crippen LogP contribution in [0, 0.1) is 5.82 Å². The third kappa shape index (κ3) is 3.49. The number of halogens is 1. The number of nitrogens with one attached hydrogen (secondary N) is 1. The molecule has 2 aromatic rings. The fraction of sp³-hybridized carbons (Fsp3) is 0.350. The molecule has 5 heterocycles. The average molecular weight is 393 g/mol. The van der Waals surface area contributed by atoms with Crippen molar-refractivity contribution in [3.63, 3.8) is 0 Å². The van der Waals surface area contributed by atoms with Crippen molar-refractivity contribution in [3.8, 4) is 5.82 Å². The van der Waals surface area contributed by atoms with Gasteiger partial charge in [-0.1, -0.05) is 9.81 Å². The highest BCUT2D eigenvalue weighted by Gasteiger charge is 2.33. The predicted molar refractivity (Wildman–Crippen MR) is 106 cm³/mol. The van der Waals surface area contributed by atoms with Gasteiger partial charge in [-0.3, -0.25) is 0 Å². The van der Waals surface area contributed by atoms with Crippen LogP contribution in [0.3, 0.4) is 0 Å². The Balaban J connectivity index is 1.36. The lowest BCUT2D eigenvalue weighted by atomic mass is 10.1. The molecule has 1 saturated heterocycles. The van der Waals surface area contributed by atoms with E-state index in [0.29, 0.717) is 12.5 Å². The van der Waals surface area contributed by atoms with Gasteiger partial charge in [0.25, 0.3) is 0 Å². The summed E-state index contributed by atoms with van der Waals surface area (Å²) in [7, 11) is 2.15. The van der Waals surface area contributed by atoms with Crippen molar-refractivity contribution >= 4 is 11.5 Å². The molecule has 9 heteroatoms. The van der Waals surface area contributed by atoms with Gasteiger partial charge in [-0.15, -0.1) is 0 Å². The Labute approximate surface area is 167 Å². The molecule has 0 atom stereocenters. The van der Waals surface area contributed by atoms with Crippen LogP contribution in [0.5, 0.6) is 0 Å². The monoisotopic (exact) mass is 393 g/mol. The number of piperidine rings is 1. The number of fused-ring (bicyclic) bond motifs is 1. The van der Waals surface area contributed by atoms with E-state index in [-0.39, 0.29) is 5.82 Å². The zero-order valence-corrected chi connectivity index (χ0v) is 16.2. The number of hydrogen-bond donors (Lipinski definition) is 1. The minimum atomic E-state index is -0.422. The summed E-state index contributed by atoms with van der Waals surface area (Å²) in [5.74, 6) is 1.48. The molecule has 0 bridgehead atoms. The van der Waals surface area contributed by atoms with Crippen LogP contribution in [0.4, 0.5) is 4.39 Å². The molecule has 5 rings (SSSR count). The molecule has 1 fully saturated rings. The van der Waals surface area contributed by atoms with Gasteiger partial charge in [0.05, 0.1) is 18.2 Å². The van der Waals surface area contributed by atoms with Crippen LogP contribution in [0.15, 0.2) is 58.9 Å². The summed E-state index contributed by atoms with van der Waals surface area (Å²) < 4.78 is 17.3. The van der Waals surface area contributed by atoms with Crippen LogP contribution in [0.25, 0.3) is 11.5 Å². The molecule has 8 nitrogen and oxygen atoms in total. The number of rotatable bonds is 4. The van der Waals surface area contributed by atoms with Crippen molar-refractivity contribution in [2.75, 3.05) is 20.1 Å². The second kappa shape index (κ2) is 7.32. The lowest BCUT2D eigenvalue weighted by Crippen LogP contribution is -2.40. The predicted octanol–water partition coefficient (Wildman–Crippen LogP) is 2.51. The van der Waals surface area contributed by atoms with Gasteiger partial charge in [-0.05, 0) is 56.2 Å². The Morgan fingerprint density at radius 3 is 2.97 bits per heavy atom. The summed E-state index contributed by atoms with van der Waals surface area (Å²) in [4.78, 5) is 10.9. The van der Waals surface area contributed by atoms with Crippen molar-refractivity contribution in [2.24, 2.45) is 10.1 Å². The van der Waals surface area contributed by atoms with Crippen molar-refractivity contribution in [3.05, 3.63) is 60.2 Å². The highest BCUT2D eigenvalue weighted by Crippen LogP contribution is 2.26. The largest absolute Gasteiger partial charge is 0.364 e. The van der Waals surface area contributed by atoms with Crippen molar-refractivity contribution < 1.29 is 9.09 Å². The fourth-order valence-electron chi connectivity index (χ4n) is 3.73. The Morgan fingerprint density at radius 2 is 2.14 bits per heavy atom. The highest BCUT2D eigenvalue weighted by atomic mass is 19.1. The van der Waals surface area contributed by atoms with E-state index in [1.807, 2.05) is 4.70 Å². The molecule has 0 spiro atoms. The highest BCUT2D eigenvalue weighted by molar-refractivity contribution is 5.85. The smallest absolute Gasteiger partial charge is 0.328 e. The molecule has 1 N–H and O–H groups in total. The van der Waals surface area contributed by atoms with Gasteiger partial charge >= 0.3 is 5.84 Å². The lowest BCUT2D eigenvalue weighted by molar-refractivity contribution is -0.379. The zero-order valence-electron chi connectivity index (χ0n) is 16.2. The van der Waals surface area contributed by atoms with E-state index >= 15 is 0 Å². The van der Waals surface area contributed by atoms with Gasteiger partial charge < -0.3 is 10.2 Å². The van der Waals surface area contributed by atoms with Crippen LogP contribution in [0.2, 0.25) is 0 Å². The number of nitrogens with zero attached hydrogens (tertiary/aromatic N) is 7. The van der Waals surface area contributed by atoms with Gasteiger partial charge in [0.2, 0.25) is 5.70 Å². The van der Waals surface area contributed by atoms with E-state index in [1.54, 1.807) is 30.9 Å². The van der Waals surface area contributed by atoms with Crippen LogP contribution >= 0.6 is 0 Å². The van der Waals surface area contributed by atoms with Crippen LogP contribution < -0.4 is 5.32 Å². The fourth-order valence-corrected chi connectivity index (χ4v) is 3.73. The van der Waals surface area contributed by atoms with Crippen LogP contribution in [-0.2, 0) is 0 Å². The molecule has 2 aromatic heterocycles. The average Bonchev–Trinajstić information content (AvgIpc) is 3.37. The number of hydrogen-bond acceptors (Lipinski definition) is 6. The molecule has 0 aliphatic carbocycles. The van der Waals surface area contributed by atoms with Crippen LogP contribution in [0.1, 0.15) is 24.8 Å². The van der Waals surface area contributed by atoms with E-state index in [9.17, 15) is 4.39 Å². The standard InChI is InChI=1S/C20H22FN8/c1-27-9-6-15(7-10-27)25-18-4-5-19-23-12-17(29(19)26-18)14-11-24-28(13-14)20-16(21)3-2-8-22-20/h2-4,8,11-13,15,25H,5-7,9-10H2,1H3/q+1. The summed E-state index contributed by atoms with van der Waals surface area (Å²) in [6, 6.07) is 3.36. The molecule has 29 heavy (non-hydrogen) atoms. The molecule has 0 radical (unpaired) electrons. The van der Waals surface area contributed by atoms with E-state index in [1.165, 1.54) is 10.7 Å². The maximum absolute atomic E-state index is 14.0. The first-order chi connectivity index (χ1) is 14.2. The Bertz CT molecular complexity index is 1060. The summed E-state index contributed by atoms with van der Waals surface area (Å²) in [5.41, 5.74) is 1.62. The second-order valence-corrected chi connectivity index (χ2v) is 7.47. The SMILES string of the molecule is CN1CCC(NC2=CCC3=NC=C(c4cnn(-c5ncccc5F)c4)[N+]3=N2)CC1. The maximum Gasteiger partial charge on any atom is 0.328 e. The number of aliphatic imine (C=N–C) groups is 1. The van der Waals surface area contributed by atoms with Gasteiger partial charge in [0, 0.05) is 18.4 Å². The maximum atomic E-state index is 14.0. The first-order valence-corrected chi connectivity index (χ1v) is 9.77. The number of azo groups is 2. The van der Waals surface area contributed by atoms with Crippen LogP contribution in [-0.4, -0.2) is 56.4 Å². The van der Waals surface area contributed by atoms with Gasteiger partial charge in [0.15, 0.2) is 23.7 Å². The lowest BCUT2D eigenvalue weighted by Gasteiger charge is -2.30. The summed E-state index contributed by atoms with van der Waals surface area (Å²) in [5, 5.41) is 12.6. The molecule has 0 unspecified atom stereocenters. The molecular weight excluding hydrogens is 371 g/mol. The number of likely N-dealkylation sites (tertiary alicyclic amines) is 1. The first kappa shape index (κ1) is 17.9. The summed E-state index contributed by atoms with van der Waals surface area (Å²) >= 11 is 0. The summed E-state index contributed by atoms with van der Waals surface area (Å²) in [6.07, 6.45) is 11.7. The molecule has 0 saturated carbocycles. The number of aromatic nitrogens is 3. The topological polar surface area (TPSA) is 73.7 Å². The third-order valence-corrected chi connectivity index (χ3v) is 5.40. The van der Waals surface area contributed by atoms with Crippen molar-refractivity contribution in [2.45, 2.75) is 25.3 Å². The molecular formula is C20H22FN8+. The Kier molecular flexibility index (Phi) is 4.51. The van der Waals surface area contributed by atoms with Crippen molar-refractivity contribution in [1.82, 2.24) is 25.0 Å².